The Morgan fingerprint density at radius 3 is 2.71 bits per heavy atom. The van der Waals surface area contributed by atoms with Crippen molar-refractivity contribution < 1.29 is 0 Å². The van der Waals surface area contributed by atoms with Crippen LogP contribution in [0.5, 0.6) is 0 Å². The second-order valence-corrected chi connectivity index (χ2v) is 8.15. The summed E-state index contributed by atoms with van der Waals surface area (Å²) in [5.41, 5.74) is 4.00. The fourth-order valence-electron chi connectivity index (χ4n) is 3.70. The van der Waals surface area contributed by atoms with Crippen molar-refractivity contribution in [2.24, 2.45) is 5.92 Å². The van der Waals surface area contributed by atoms with E-state index in [1.807, 2.05) is 17.8 Å². The highest BCUT2D eigenvalue weighted by Crippen LogP contribution is 2.46. The molecule has 0 bridgehead atoms. The predicted molar refractivity (Wildman–Crippen MR) is 104 cm³/mol. The van der Waals surface area contributed by atoms with Crippen LogP contribution in [0, 0.1) is 5.92 Å². The Balaban J connectivity index is 1.63. The summed E-state index contributed by atoms with van der Waals surface area (Å²) in [4.78, 5) is 2.66. The van der Waals surface area contributed by atoms with Gasteiger partial charge in [-0.1, -0.05) is 47.6 Å². The van der Waals surface area contributed by atoms with E-state index < -0.39 is 0 Å². The summed E-state index contributed by atoms with van der Waals surface area (Å²) in [5.74, 6) is 0.871. The van der Waals surface area contributed by atoms with Gasteiger partial charge in [0.1, 0.15) is 0 Å². The molecule has 2 aliphatic rings. The normalized spacial score (nSPS) is 19.1. The van der Waals surface area contributed by atoms with E-state index in [0.29, 0.717) is 0 Å². The van der Waals surface area contributed by atoms with Crippen LogP contribution in [0.15, 0.2) is 58.3 Å². The molecule has 1 nitrogen and oxygen atoms in total. The van der Waals surface area contributed by atoms with E-state index in [2.05, 4.69) is 47.8 Å². The Hall–Kier alpha value is -1.22. The standard InChI is InChI=1S/C21H22ClNS/c22-16-8-9-21-19(14-16)17(18-5-1-2-7-20(18)24-21)6-3-4-15-10-12-23-13-11-15/h1-2,5-9,14-15,23H,3-4,10-13H2/b17-6+. The Morgan fingerprint density at radius 2 is 1.83 bits per heavy atom. The van der Waals surface area contributed by atoms with Crippen molar-refractivity contribution in [3.8, 4) is 0 Å². The summed E-state index contributed by atoms with van der Waals surface area (Å²) in [6, 6.07) is 15.0. The zero-order valence-electron chi connectivity index (χ0n) is 13.7. The van der Waals surface area contributed by atoms with Crippen LogP contribution < -0.4 is 5.32 Å². The highest BCUT2D eigenvalue weighted by Gasteiger charge is 2.21. The van der Waals surface area contributed by atoms with Gasteiger partial charge in [0.05, 0.1) is 0 Å². The van der Waals surface area contributed by atoms with Crippen molar-refractivity contribution in [3.63, 3.8) is 0 Å². The smallest absolute Gasteiger partial charge is 0.0412 e. The van der Waals surface area contributed by atoms with E-state index in [0.717, 1.165) is 17.4 Å². The zero-order valence-corrected chi connectivity index (χ0v) is 15.3. The maximum atomic E-state index is 6.28. The van der Waals surface area contributed by atoms with Crippen molar-refractivity contribution in [2.45, 2.75) is 35.5 Å². The molecule has 24 heavy (non-hydrogen) atoms. The summed E-state index contributed by atoms with van der Waals surface area (Å²) >= 11 is 8.13. The van der Waals surface area contributed by atoms with Crippen molar-refractivity contribution in [1.29, 1.82) is 0 Å². The molecule has 1 saturated heterocycles. The highest BCUT2D eigenvalue weighted by atomic mass is 35.5. The minimum atomic E-state index is 0.818. The first-order chi connectivity index (χ1) is 11.8. The molecule has 2 heterocycles. The number of hydrogen-bond acceptors (Lipinski definition) is 2. The molecule has 0 radical (unpaired) electrons. The lowest BCUT2D eigenvalue weighted by Crippen LogP contribution is -2.27. The summed E-state index contributed by atoms with van der Waals surface area (Å²) in [6.07, 6.45) is 7.51. The molecule has 2 aliphatic heterocycles. The lowest BCUT2D eigenvalue weighted by molar-refractivity contribution is 0.356. The van der Waals surface area contributed by atoms with Gasteiger partial charge in [0.2, 0.25) is 0 Å². The van der Waals surface area contributed by atoms with Crippen molar-refractivity contribution in [1.82, 2.24) is 5.32 Å². The molecule has 2 aromatic rings. The monoisotopic (exact) mass is 355 g/mol. The molecule has 3 heteroatoms. The van der Waals surface area contributed by atoms with Gasteiger partial charge in [0, 0.05) is 14.8 Å². The van der Waals surface area contributed by atoms with Gasteiger partial charge >= 0.3 is 0 Å². The molecular formula is C21H22ClNS. The number of hydrogen-bond donors (Lipinski definition) is 1. The number of halogens is 1. The summed E-state index contributed by atoms with van der Waals surface area (Å²) in [6.45, 7) is 2.36. The quantitative estimate of drug-likeness (QED) is 0.616. The first-order valence-electron chi connectivity index (χ1n) is 8.79. The topological polar surface area (TPSA) is 12.0 Å². The molecule has 0 aromatic heterocycles. The molecule has 0 unspecified atom stereocenters. The van der Waals surface area contributed by atoms with Crippen molar-refractivity contribution >= 4 is 28.9 Å². The largest absolute Gasteiger partial charge is 0.317 e. The first kappa shape index (κ1) is 16.3. The van der Waals surface area contributed by atoms with Gasteiger partial charge in [-0.3, -0.25) is 0 Å². The average molecular weight is 356 g/mol. The van der Waals surface area contributed by atoms with E-state index in [9.17, 15) is 0 Å². The number of benzene rings is 2. The van der Waals surface area contributed by atoms with Crippen LogP contribution in [0.1, 0.15) is 36.8 Å². The second kappa shape index (κ2) is 7.35. The van der Waals surface area contributed by atoms with Gasteiger partial charge in [-0.25, -0.2) is 0 Å². The van der Waals surface area contributed by atoms with Gasteiger partial charge in [0.15, 0.2) is 0 Å². The number of allylic oxidation sites excluding steroid dienone is 1. The third-order valence-corrected chi connectivity index (χ3v) is 6.40. The fraction of sp³-hybridized carbons (Fsp3) is 0.333. The third-order valence-electron chi connectivity index (χ3n) is 5.01. The number of fused-ring (bicyclic) bond motifs is 2. The molecule has 0 spiro atoms. The van der Waals surface area contributed by atoms with Gasteiger partial charge in [-0.2, -0.15) is 0 Å². The van der Waals surface area contributed by atoms with E-state index in [-0.39, 0.29) is 0 Å². The summed E-state index contributed by atoms with van der Waals surface area (Å²) in [5, 5.41) is 4.27. The average Bonchev–Trinajstić information content (AvgIpc) is 2.62. The molecule has 1 N–H and O–H groups in total. The van der Waals surface area contributed by atoms with Crippen molar-refractivity contribution in [3.05, 3.63) is 64.7 Å². The molecular weight excluding hydrogens is 334 g/mol. The SMILES string of the molecule is Clc1ccc2c(c1)/C(=C/CCC1CCNCC1)c1ccccc1S2. The van der Waals surface area contributed by atoms with Crippen LogP contribution in [-0.4, -0.2) is 13.1 Å². The lowest BCUT2D eigenvalue weighted by Gasteiger charge is -2.24. The van der Waals surface area contributed by atoms with Crippen LogP contribution >= 0.6 is 23.4 Å². The molecule has 0 saturated carbocycles. The van der Waals surface area contributed by atoms with E-state index in [1.54, 1.807) is 0 Å². The molecule has 0 atom stereocenters. The van der Waals surface area contributed by atoms with Crippen molar-refractivity contribution in [2.75, 3.05) is 13.1 Å². The van der Waals surface area contributed by atoms with Crippen LogP contribution in [0.25, 0.3) is 5.57 Å². The molecule has 1 fully saturated rings. The van der Waals surface area contributed by atoms with E-state index in [4.69, 9.17) is 11.6 Å². The molecule has 2 aromatic carbocycles. The first-order valence-corrected chi connectivity index (χ1v) is 9.99. The van der Waals surface area contributed by atoms with Gasteiger partial charge in [-0.05, 0) is 85.7 Å². The van der Waals surface area contributed by atoms with Gasteiger partial charge in [-0.15, -0.1) is 0 Å². The Bertz CT molecular complexity index is 762. The maximum Gasteiger partial charge on any atom is 0.0412 e. The second-order valence-electron chi connectivity index (χ2n) is 6.63. The number of nitrogens with one attached hydrogen (secondary N) is 1. The fourth-order valence-corrected chi connectivity index (χ4v) is 4.96. The number of rotatable bonds is 3. The number of piperidine rings is 1. The summed E-state index contributed by atoms with van der Waals surface area (Å²) in [7, 11) is 0. The Morgan fingerprint density at radius 1 is 1.04 bits per heavy atom. The van der Waals surface area contributed by atoms with Crippen LogP contribution in [0.3, 0.4) is 0 Å². The van der Waals surface area contributed by atoms with E-state index >= 15 is 0 Å². The maximum absolute atomic E-state index is 6.28. The third kappa shape index (κ3) is 3.42. The van der Waals surface area contributed by atoms with Crippen LogP contribution in [-0.2, 0) is 0 Å². The Kier molecular flexibility index (Phi) is 4.98. The lowest BCUT2D eigenvalue weighted by atomic mass is 9.91. The zero-order chi connectivity index (χ0) is 16.4. The van der Waals surface area contributed by atoms with Crippen LogP contribution in [0.2, 0.25) is 5.02 Å². The molecule has 0 amide bonds. The summed E-state index contributed by atoms with van der Waals surface area (Å²) < 4.78 is 0. The molecule has 0 aliphatic carbocycles. The predicted octanol–water partition coefficient (Wildman–Crippen LogP) is 6.02. The minimum Gasteiger partial charge on any atom is -0.317 e. The van der Waals surface area contributed by atoms with E-state index in [1.165, 1.54) is 58.8 Å². The molecule has 124 valence electrons. The van der Waals surface area contributed by atoms with Crippen LogP contribution in [0.4, 0.5) is 0 Å². The minimum absolute atomic E-state index is 0.818. The molecule has 4 rings (SSSR count). The Labute approximate surface area is 153 Å². The van der Waals surface area contributed by atoms with Gasteiger partial charge in [0.25, 0.3) is 0 Å². The van der Waals surface area contributed by atoms with Gasteiger partial charge < -0.3 is 5.32 Å². The highest BCUT2D eigenvalue weighted by molar-refractivity contribution is 7.99.